The zero-order valence-electron chi connectivity index (χ0n) is 22.0. The predicted molar refractivity (Wildman–Crippen MR) is 152 cm³/mol. The van der Waals surface area contributed by atoms with E-state index < -0.39 is 46.9 Å². The number of halogens is 4. The average Bonchev–Trinajstić information content (AvgIpc) is 3.24. The summed E-state index contributed by atoms with van der Waals surface area (Å²) in [6.45, 7) is 5.66. The molecule has 212 valence electrons. The maximum absolute atomic E-state index is 15.7. The van der Waals surface area contributed by atoms with Crippen LogP contribution in [0.25, 0.3) is 0 Å². The Kier molecular flexibility index (Phi) is 8.69. The van der Waals surface area contributed by atoms with E-state index in [1.54, 1.807) is 6.92 Å². The number of hydrogen-bond donors (Lipinski definition) is 3. The highest BCUT2D eigenvalue weighted by molar-refractivity contribution is 6.31. The zero-order chi connectivity index (χ0) is 30.1. The van der Waals surface area contributed by atoms with Gasteiger partial charge in [0, 0.05) is 22.5 Å². The first-order valence-electron chi connectivity index (χ1n) is 12.4. The molecule has 11 heteroatoms. The van der Waals surface area contributed by atoms with Crippen molar-refractivity contribution in [3.8, 4) is 11.8 Å². The highest BCUT2D eigenvalue weighted by Gasteiger charge is 2.60. The van der Waals surface area contributed by atoms with Crippen LogP contribution >= 0.6 is 23.2 Å². The highest BCUT2D eigenvalue weighted by Crippen LogP contribution is 2.52. The van der Waals surface area contributed by atoms with Crippen molar-refractivity contribution in [2.75, 3.05) is 12.4 Å². The number of carboxylic acids is 1. The van der Waals surface area contributed by atoms with Crippen LogP contribution in [0.4, 0.5) is 14.5 Å². The van der Waals surface area contributed by atoms with Crippen LogP contribution < -0.4 is 15.4 Å². The van der Waals surface area contributed by atoms with Crippen LogP contribution in [0.15, 0.2) is 66.7 Å². The van der Waals surface area contributed by atoms with Crippen LogP contribution in [0.3, 0.4) is 0 Å². The number of ether oxygens (including phenoxy) is 1. The average molecular weight is 600 g/mol. The third kappa shape index (κ3) is 5.51. The van der Waals surface area contributed by atoms with Gasteiger partial charge in [-0.25, -0.2) is 13.6 Å². The summed E-state index contributed by atoms with van der Waals surface area (Å²) in [4.78, 5) is 25.3. The lowest BCUT2D eigenvalue weighted by atomic mass is 9.64. The standard InChI is InChI=1S/C30H25Cl2F2N3O4/c1-15(2)11-24-30(14-35,19-9-8-17(31)13-21(19)33)25(18-5-4-6-20(32)26(18)34)27(37-24)28(38)36-22-10-7-16(29(39)40)12-23(22)41-3/h4-10,12-13,24-25,27,37H,1,11H2,2-3H3,(H,36,38)(H,39,40)/t24-,25-,27+,30-/m0/s1. The topological polar surface area (TPSA) is 111 Å². The fourth-order valence-electron chi connectivity index (χ4n) is 5.43. The molecule has 1 heterocycles. The number of carboxylic acid groups (broad SMARTS) is 1. The van der Waals surface area contributed by atoms with Gasteiger partial charge in [0.2, 0.25) is 5.91 Å². The number of aromatic carboxylic acids is 1. The summed E-state index contributed by atoms with van der Waals surface area (Å²) in [5, 5.41) is 25.8. The molecule has 1 fully saturated rings. The Balaban J connectivity index is 1.93. The van der Waals surface area contributed by atoms with Gasteiger partial charge in [0.05, 0.1) is 35.5 Å². The van der Waals surface area contributed by atoms with Gasteiger partial charge in [-0.2, -0.15) is 5.26 Å². The largest absolute Gasteiger partial charge is 0.495 e. The monoisotopic (exact) mass is 599 g/mol. The fourth-order valence-corrected chi connectivity index (χ4v) is 5.77. The second kappa shape index (κ2) is 11.9. The number of rotatable bonds is 8. The van der Waals surface area contributed by atoms with Crippen molar-refractivity contribution in [1.29, 1.82) is 5.26 Å². The van der Waals surface area contributed by atoms with Crippen LogP contribution in [-0.2, 0) is 10.2 Å². The molecule has 0 saturated carbocycles. The minimum atomic E-state index is -1.82. The van der Waals surface area contributed by atoms with Crippen molar-refractivity contribution in [1.82, 2.24) is 5.32 Å². The summed E-state index contributed by atoms with van der Waals surface area (Å²) < 4.78 is 36.6. The van der Waals surface area contributed by atoms with Gasteiger partial charge in [-0.05, 0) is 55.3 Å². The number of methoxy groups -OCH3 is 1. The van der Waals surface area contributed by atoms with Crippen LogP contribution in [0, 0.1) is 23.0 Å². The number of nitriles is 1. The summed E-state index contributed by atoms with van der Waals surface area (Å²) in [6, 6.07) is 12.0. The first kappa shape index (κ1) is 30.0. The van der Waals surface area contributed by atoms with Crippen LogP contribution in [0.2, 0.25) is 10.0 Å². The molecule has 1 aliphatic rings. The minimum absolute atomic E-state index is 0.0653. The molecule has 0 unspecified atom stereocenters. The fraction of sp³-hybridized carbons (Fsp3) is 0.233. The summed E-state index contributed by atoms with van der Waals surface area (Å²) in [6.07, 6.45) is 0.148. The number of nitrogens with zero attached hydrogens (tertiary/aromatic N) is 1. The Morgan fingerprint density at radius 3 is 2.54 bits per heavy atom. The van der Waals surface area contributed by atoms with Gasteiger partial charge in [-0.1, -0.05) is 47.0 Å². The summed E-state index contributed by atoms with van der Waals surface area (Å²) in [5.74, 6) is -4.76. The Labute approximate surface area is 245 Å². The molecule has 41 heavy (non-hydrogen) atoms. The molecule has 3 N–H and O–H groups in total. The number of hydrogen-bond acceptors (Lipinski definition) is 5. The molecule has 4 rings (SSSR count). The normalized spacial score (nSPS) is 21.6. The maximum atomic E-state index is 15.7. The lowest BCUT2D eigenvalue weighted by Crippen LogP contribution is -2.43. The molecule has 0 radical (unpaired) electrons. The second-order valence-corrected chi connectivity index (χ2v) is 10.6. The highest BCUT2D eigenvalue weighted by atomic mass is 35.5. The van der Waals surface area contributed by atoms with Crippen molar-refractivity contribution >= 4 is 40.8 Å². The summed E-state index contributed by atoms with van der Waals surface area (Å²) in [5.41, 5.74) is -1.27. The lowest BCUT2D eigenvalue weighted by molar-refractivity contribution is -0.118. The van der Waals surface area contributed by atoms with Gasteiger partial charge < -0.3 is 20.5 Å². The third-order valence-corrected chi connectivity index (χ3v) is 7.70. The van der Waals surface area contributed by atoms with E-state index >= 15 is 8.78 Å². The third-order valence-electron chi connectivity index (χ3n) is 7.17. The van der Waals surface area contributed by atoms with E-state index in [-0.39, 0.29) is 44.6 Å². The first-order chi connectivity index (χ1) is 19.4. The van der Waals surface area contributed by atoms with E-state index in [9.17, 15) is 20.0 Å². The predicted octanol–water partition coefficient (Wildman–Crippen LogP) is 6.47. The molecule has 4 atom stereocenters. The van der Waals surface area contributed by atoms with E-state index in [2.05, 4.69) is 23.3 Å². The summed E-state index contributed by atoms with van der Waals surface area (Å²) >= 11 is 12.2. The number of benzene rings is 3. The molecule has 3 aromatic rings. The number of amides is 1. The summed E-state index contributed by atoms with van der Waals surface area (Å²) in [7, 11) is 1.31. The maximum Gasteiger partial charge on any atom is 0.335 e. The minimum Gasteiger partial charge on any atom is -0.495 e. The van der Waals surface area contributed by atoms with Gasteiger partial charge in [-0.15, -0.1) is 6.58 Å². The molecule has 0 spiro atoms. The quantitative estimate of drug-likeness (QED) is 0.256. The van der Waals surface area contributed by atoms with Crippen molar-refractivity contribution in [3.05, 3.63) is 105 Å². The molecular weight excluding hydrogens is 575 g/mol. The molecule has 1 saturated heterocycles. The van der Waals surface area contributed by atoms with E-state index in [1.165, 1.54) is 55.6 Å². The number of anilines is 1. The van der Waals surface area contributed by atoms with Gasteiger partial charge in [0.1, 0.15) is 22.8 Å². The van der Waals surface area contributed by atoms with E-state index in [4.69, 9.17) is 27.9 Å². The first-order valence-corrected chi connectivity index (χ1v) is 13.1. The molecule has 0 aromatic heterocycles. The smallest absolute Gasteiger partial charge is 0.335 e. The van der Waals surface area contributed by atoms with E-state index in [1.807, 2.05) is 0 Å². The number of carbonyl (C=O) groups is 2. The van der Waals surface area contributed by atoms with Crippen molar-refractivity contribution < 1.29 is 28.2 Å². The van der Waals surface area contributed by atoms with Gasteiger partial charge in [0.25, 0.3) is 0 Å². The van der Waals surface area contributed by atoms with E-state index in [0.717, 1.165) is 6.07 Å². The van der Waals surface area contributed by atoms with Crippen molar-refractivity contribution in [2.24, 2.45) is 0 Å². The Bertz CT molecular complexity index is 1590. The molecular formula is C30H25Cl2F2N3O4. The van der Waals surface area contributed by atoms with Crippen LogP contribution in [0.5, 0.6) is 5.75 Å². The van der Waals surface area contributed by atoms with Gasteiger partial charge in [-0.3, -0.25) is 4.79 Å². The van der Waals surface area contributed by atoms with Crippen molar-refractivity contribution in [2.45, 2.75) is 36.8 Å². The Morgan fingerprint density at radius 1 is 1.20 bits per heavy atom. The van der Waals surface area contributed by atoms with Crippen molar-refractivity contribution in [3.63, 3.8) is 0 Å². The Hall–Kier alpha value is -3.97. The molecule has 3 aromatic carbocycles. The molecule has 7 nitrogen and oxygen atoms in total. The lowest BCUT2D eigenvalue weighted by Gasteiger charge is -2.35. The SMILES string of the molecule is C=C(C)C[C@@H]1N[C@@H](C(=O)Nc2ccc(C(=O)O)cc2OC)[C@H](c2cccc(Cl)c2F)[C@@]1(C#N)c1ccc(Cl)cc1F. The Morgan fingerprint density at radius 2 is 1.93 bits per heavy atom. The van der Waals surface area contributed by atoms with E-state index in [0.29, 0.717) is 5.57 Å². The molecule has 0 bridgehead atoms. The second-order valence-electron chi connectivity index (χ2n) is 9.79. The zero-order valence-corrected chi connectivity index (χ0v) is 23.5. The van der Waals surface area contributed by atoms with Crippen LogP contribution in [0.1, 0.15) is 40.7 Å². The van der Waals surface area contributed by atoms with Gasteiger partial charge in [0.15, 0.2) is 0 Å². The number of nitrogens with one attached hydrogen (secondary N) is 2. The molecule has 0 aliphatic carbocycles. The molecule has 1 aliphatic heterocycles. The van der Waals surface area contributed by atoms with Crippen LogP contribution in [-0.4, -0.2) is 36.2 Å². The number of carbonyl (C=O) groups excluding carboxylic acids is 1. The van der Waals surface area contributed by atoms with Gasteiger partial charge >= 0.3 is 5.97 Å². The molecule has 1 amide bonds.